The number of aryl methyl sites for hydroxylation is 1. The Morgan fingerprint density at radius 2 is 1.89 bits per heavy atom. The molecule has 194 valence electrons. The summed E-state index contributed by atoms with van der Waals surface area (Å²) in [7, 11) is 0. The van der Waals surface area contributed by atoms with Gasteiger partial charge in [-0.3, -0.25) is 14.6 Å². The van der Waals surface area contributed by atoms with Gasteiger partial charge in [0.25, 0.3) is 0 Å². The van der Waals surface area contributed by atoms with Gasteiger partial charge in [0.1, 0.15) is 24.4 Å². The molecule has 1 aliphatic heterocycles. The van der Waals surface area contributed by atoms with E-state index in [-0.39, 0.29) is 44.0 Å². The van der Waals surface area contributed by atoms with Gasteiger partial charge in [0.05, 0.1) is 24.5 Å². The molecular formula is C27H27F3N4O3. The summed E-state index contributed by atoms with van der Waals surface area (Å²) in [6.07, 6.45) is 1.04. The predicted octanol–water partition coefficient (Wildman–Crippen LogP) is 4.28. The molecule has 0 spiro atoms. The van der Waals surface area contributed by atoms with Gasteiger partial charge in [-0.25, -0.2) is 18.2 Å². The van der Waals surface area contributed by atoms with E-state index in [4.69, 9.17) is 4.42 Å². The number of pyridine rings is 1. The summed E-state index contributed by atoms with van der Waals surface area (Å²) in [5, 5.41) is 2.93. The van der Waals surface area contributed by atoms with E-state index >= 15 is 0 Å². The Bertz CT molecular complexity index is 1260. The van der Waals surface area contributed by atoms with Crippen molar-refractivity contribution in [3.8, 4) is 0 Å². The average molecular weight is 513 g/mol. The summed E-state index contributed by atoms with van der Waals surface area (Å²) in [6.45, 7) is 1.52. The molecule has 0 unspecified atom stereocenters. The number of rotatable bonds is 7. The largest absolute Gasteiger partial charge is 0.445 e. The van der Waals surface area contributed by atoms with Gasteiger partial charge >= 0.3 is 0 Å². The molecule has 1 N–H and O–H groups in total. The van der Waals surface area contributed by atoms with Crippen molar-refractivity contribution in [3.63, 3.8) is 0 Å². The van der Waals surface area contributed by atoms with Gasteiger partial charge in [0, 0.05) is 25.5 Å². The molecule has 1 aliphatic carbocycles. The van der Waals surface area contributed by atoms with Crippen LogP contribution < -0.4 is 5.32 Å². The van der Waals surface area contributed by atoms with Gasteiger partial charge in [0.2, 0.25) is 23.6 Å². The van der Waals surface area contributed by atoms with Gasteiger partial charge in [-0.05, 0) is 30.0 Å². The van der Waals surface area contributed by atoms with Crippen LogP contribution in [0.2, 0.25) is 0 Å². The van der Waals surface area contributed by atoms with Gasteiger partial charge in [0.15, 0.2) is 0 Å². The number of nitrogens with one attached hydrogen (secondary N) is 1. The smallest absolute Gasteiger partial charge is 0.249 e. The number of hydrogen-bond acceptors (Lipinski definition) is 5. The second-order valence-electron chi connectivity index (χ2n) is 9.77. The Kier molecular flexibility index (Phi) is 6.74. The van der Waals surface area contributed by atoms with Crippen LogP contribution in [0.25, 0.3) is 0 Å². The number of carbonyl (C=O) groups is 2. The van der Waals surface area contributed by atoms with Crippen LogP contribution in [0.4, 0.5) is 13.2 Å². The van der Waals surface area contributed by atoms with Crippen molar-refractivity contribution in [1.82, 2.24) is 20.2 Å². The molecule has 5 rings (SSSR count). The first-order valence-electron chi connectivity index (χ1n) is 12.2. The predicted molar refractivity (Wildman–Crippen MR) is 128 cm³/mol. The lowest BCUT2D eigenvalue weighted by molar-refractivity contribution is -0.138. The zero-order chi connectivity index (χ0) is 26.2. The molecule has 7 nitrogen and oxygen atoms in total. The topological polar surface area (TPSA) is 88.3 Å². The fourth-order valence-corrected chi connectivity index (χ4v) is 4.96. The second kappa shape index (κ2) is 9.99. The molecule has 1 aromatic carbocycles. The van der Waals surface area contributed by atoms with E-state index in [0.717, 1.165) is 11.1 Å². The Hall–Kier alpha value is -3.69. The van der Waals surface area contributed by atoms with Crippen molar-refractivity contribution >= 4 is 11.8 Å². The molecular weight excluding hydrogens is 485 g/mol. The number of oxazole rings is 1. The van der Waals surface area contributed by atoms with Crippen molar-refractivity contribution < 1.29 is 27.2 Å². The van der Waals surface area contributed by atoms with Gasteiger partial charge in [-0.1, -0.05) is 36.4 Å². The van der Waals surface area contributed by atoms with Crippen LogP contribution in [-0.4, -0.2) is 51.4 Å². The normalized spacial score (nSPS) is 21.9. The van der Waals surface area contributed by atoms with Crippen LogP contribution in [0, 0.1) is 6.92 Å². The summed E-state index contributed by atoms with van der Waals surface area (Å²) < 4.78 is 46.4. The fraction of sp³-hybridized carbons (Fsp3) is 0.407. The highest BCUT2D eigenvalue weighted by Crippen LogP contribution is 2.48. The number of hydrogen-bond donors (Lipinski definition) is 1. The summed E-state index contributed by atoms with van der Waals surface area (Å²) in [5.41, 5.74) is 1.98. The maximum Gasteiger partial charge on any atom is 0.249 e. The van der Waals surface area contributed by atoms with Crippen molar-refractivity contribution in [2.75, 3.05) is 6.54 Å². The molecule has 1 saturated carbocycles. The molecule has 37 heavy (non-hydrogen) atoms. The van der Waals surface area contributed by atoms with E-state index in [2.05, 4.69) is 15.3 Å². The van der Waals surface area contributed by atoms with Crippen molar-refractivity contribution in [2.24, 2.45) is 0 Å². The summed E-state index contributed by atoms with van der Waals surface area (Å²) in [6, 6.07) is 10.9. The number of aromatic nitrogens is 2. The van der Waals surface area contributed by atoms with Gasteiger partial charge in [-0.2, -0.15) is 0 Å². The highest BCUT2D eigenvalue weighted by molar-refractivity contribution is 5.89. The molecule has 1 saturated heterocycles. The Labute approximate surface area is 212 Å². The van der Waals surface area contributed by atoms with E-state index < -0.39 is 36.0 Å². The molecule has 3 aromatic rings. The number of carbonyl (C=O) groups excluding carboxylic acids is 2. The van der Waals surface area contributed by atoms with E-state index in [1.54, 1.807) is 25.3 Å². The van der Waals surface area contributed by atoms with Crippen LogP contribution in [0.15, 0.2) is 59.3 Å². The zero-order valence-corrected chi connectivity index (χ0v) is 20.2. The van der Waals surface area contributed by atoms with Crippen LogP contribution >= 0.6 is 0 Å². The quantitative estimate of drug-likeness (QED) is 0.511. The van der Waals surface area contributed by atoms with E-state index in [1.165, 1.54) is 11.1 Å². The lowest BCUT2D eigenvalue weighted by Gasteiger charge is -2.35. The number of alkyl halides is 3. The molecule has 2 aromatic heterocycles. The highest BCUT2D eigenvalue weighted by atomic mass is 19.3. The molecule has 10 heteroatoms. The standard InChI is InChI=1S/C27H27F3N4O3/c1-16-13-32-23(37-16)10-24(35)34-15-20(28)9-22(34)26(36)33-25(17-5-3-2-4-6-17)21-8-7-18(14-31-21)19-11-27(29,30)12-19/h2-8,13-14,19-20,22,25H,9-12,15H2,1H3,(H,33,36)/t20-,22+,25+/m1/s1. The minimum Gasteiger partial charge on any atom is -0.445 e. The van der Waals surface area contributed by atoms with Crippen molar-refractivity contribution in [1.29, 1.82) is 0 Å². The number of halogens is 3. The summed E-state index contributed by atoms with van der Waals surface area (Å²) in [4.78, 5) is 36.0. The second-order valence-corrected chi connectivity index (χ2v) is 9.77. The average Bonchev–Trinajstić information content (AvgIpc) is 3.46. The van der Waals surface area contributed by atoms with Gasteiger partial charge < -0.3 is 14.6 Å². The summed E-state index contributed by atoms with van der Waals surface area (Å²) >= 11 is 0. The van der Waals surface area contributed by atoms with Crippen LogP contribution in [-0.2, 0) is 16.0 Å². The third kappa shape index (κ3) is 5.52. The van der Waals surface area contributed by atoms with Crippen LogP contribution in [0.3, 0.4) is 0 Å². The first kappa shape index (κ1) is 25.0. The Morgan fingerprint density at radius 1 is 1.14 bits per heavy atom. The molecule has 2 fully saturated rings. The SMILES string of the molecule is Cc1cnc(CC(=O)N2C[C@H](F)C[C@H]2C(=O)N[C@@H](c2ccccc2)c2ccc(C3CC(F)(F)C3)cn2)o1. The number of benzene rings is 1. The maximum atomic E-state index is 14.4. The Morgan fingerprint density at radius 3 is 2.51 bits per heavy atom. The molecule has 3 atom stereocenters. The van der Waals surface area contributed by atoms with Crippen LogP contribution in [0.1, 0.15) is 59.7 Å². The maximum absolute atomic E-state index is 14.4. The molecule has 2 aliphatic rings. The van der Waals surface area contributed by atoms with Crippen molar-refractivity contribution in [2.45, 2.75) is 62.7 Å². The third-order valence-corrected chi connectivity index (χ3v) is 6.93. The zero-order valence-electron chi connectivity index (χ0n) is 20.2. The lowest BCUT2D eigenvalue weighted by Crippen LogP contribution is -2.47. The van der Waals surface area contributed by atoms with Crippen molar-refractivity contribution in [3.05, 3.63) is 83.3 Å². The first-order chi connectivity index (χ1) is 17.7. The van der Waals surface area contributed by atoms with E-state index in [9.17, 15) is 22.8 Å². The molecule has 0 radical (unpaired) electrons. The van der Waals surface area contributed by atoms with Crippen LogP contribution in [0.5, 0.6) is 0 Å². The van der Waals surface area contributed by atoms with Gasteiger partial charge in [-0.15, -0.1) is 0 Å². The fourth-order valence-electron chi connectivity index (χ4n) is 4.96. The minimum atomic E-state index is -2.63. The lowest BCUT2D eigenvalue weighted by atomic mass is 9.77. The molecule has 3 heterocycles. The number of amides is 2. The highest BCUT2D eigenvalue weighted by Gasteiger charge is 2.46. The first-order valence-corrected chi connectivity index (χ1v) is 12.2. The van der Waals surface area contributed by atoms with E-state index in [0.29, 0.717) is 11.5 Å². The van der Waals surface area contributed by atoms with E-state index in [1.807, 2.05) is 30.3 Å². The molecule has 0 bridgehead atoms. The minimum absolute atomic E-state index is 0.119. The third-order valence-electron chi connectivity index (χ3n) is 6.93. The Balaban J connectivity index is 1.34. The number of likely N-dealkylation sites (tertiary alicyclic amines) is 1. The monoisotopic (exact) mass is 512 g/mol. The summed E-state index contributed by atoms with van der Waals surface area (Å²) in [5.74, 6) is -3.06. The number of nitrogens with zero attached hydrogens (tertiary/aromatic N) is 3. The molecule has 2 amide bonds.